The molecule has 0 amide bonds. The first-order valence-corrected chi connectivity index (χ1v) is 23.6. The van der Waals surface area contributed by atoms with Crippen molar-refractivity contribution in [1.82, 2.24) is 34.7 Å². The van der Waals surface area contributed by atoms with Crippen molar-refractivity contribution in [2.75, 3.05) is 78.4 Å². The molecule has 61 heavy (non-hydrogen) atoms. The molecule has 0 aliphatic carbocycles. The number of aliphatic hydroxyl groups is 1. The number of nitrogens with one attached hydrogen (secondary N) is 1. The SMILES string of the molecule is CC1(C)OB(c2cn[nH]c2)OC1(C)C.CC1(C)OB(c2cnn(CCCN3CC[C@@H](F)C3)c2)OC1(C)C.CS(=O)(=O)OCCCN1CC[C@@H](F)C1.OCCCN1CC[C@@H](F)C1. The maximum atomic E-state index is 13.1. The number of aliphatic hydroxyl groups excluding tert-OH is 1. The lowest BCUT2D eigenvalue weighted by Crippen LogP contribution is -2.41. The highest BCUT2D eigenvalue weighted by molar-refractivity contribution is 7.85. The number of hydrogen-bond donors (Lipinski definition) is 2. The van der Waals surface area contributed by atoms with Gasteiger partial charge < -0.3 is 38.4 Å². The van der Waals surface area contributed by atoms with Gasteiger partial charge in [0.2, 0.25) is 0 Å². The van der Waals surface area contributed by atoms with Crippen LogP contribution in [-0.2, 0) is 39.5 Å². The van der Waals surface area contributed by atoms with Crippen LogP contribution in [0.2, 0.25) is 0 Å². The summed E-state index contributed by atoms with van der Waals surface area (Å²) in [7, 11) is -3.99. The summed E-state index contributed by atoms with van der Waals surface area (Å²) < 4.78 is 89.7. The Morgan fingerprint density at radius 3 is 1.56 bits per heavy atom. The van der Waals surface area contributed by atoms with Gasteiger partial charge in [0.15, 0.2) is 0 Å². The molecule has 15 nitrogen and oxygen atoms in total. The van der Waals surface area contributed by atoms with Gasteiger partial charge in [-0.25, -0.2) is 13.2 Å². The molecule has 0 spiro atoms. The fourth-order valence-electron chi connectivity index (χ4n) is 7.19. The fourth-order valence-corrected chi connectivity index (χ4v) is 7.61. The van der Waals surface area contributed by atoms with Gasteiger partial charge in [-0.15, -0.1) is 0 Å². The van der Waals surface area contributed by atoms with E-state index in [-0.39, 0.29) is 49.9 Å². The predicted molar refractivity (Wildman–Crippen MR) is 232 cm³/mol. The molecule has 5 fully saturated rings. The van der Waals surface area contributed by atoms with Crippen LogP contribution in [0.15, 0.2) is 24.8 Å². The van der Waals surface area contributed by atoms with Gasteiger partial charge >= 0.3 is 14.2 Å². The smallest absolute Gasteiger partial charge is 0.399 e. The Hall–Kier alpha value is -2.07. The molecule has 21 heteroatoms. The summed E-state index contributed by atoms with van der Waals surface area (Å²) in [6, 6.07) is 0. The van der Waals surface area contributed by atoms with Gasteiger partial charge in [-0.1, -0.05) is 0 Å². The minimum Gasteiger partial charge on any atom is -0.399 e. The molecule has 0 unspecified atom stereocenters. The van der Waals surface area contributed by atoms with Crippen molar-refractivity contribution >= 4 is 35.3 Å². The number of nitrogens with zero attached hydrogens (tertiary/aromatic N) is 6. The van der Waals surface area contributed by atoms with Crippen molar-refractivity contribution in [3.63, 3.8) is 0 Å². The molecule has 5 aliphatic heterocycles. The van der Waals surface area contributed by atoms with Crippen LogP contribution in [0.25, 0.3) is 0 Å². The van der Waals surface area contributed by atoms with E-state index in [2.05, 4.69) is 29.3 Å². The third kappa shape index (κ3) is 16.5. The van der Waals surface area contributed by atoms with Gasteiger partial charge in [-0.3, -0.25) is 14.0 Å². The fraction of sp³-hybridized carbons (Fsp3) is 0.850. The molecule has 0 saturated carbocycles. The zero-order valence-corrected chi connectivity index (χ0v) is 38.8. The van der Waals surface area contributed by atoms with Crippen molar-refractivity contribution in [3.8, 4) is 0 Å². The van der Waals surface area contributed by atoms with E-state index >= 15 is 0 Å². The molecule has 348 valence electrons. The highest BCUT2D eigenvalue weighted by Gasteiger charge is 2.53. The number of hydrogen-bond acceptors (Lipinski definition) is 13. The number of likely N-dealkylation sites (tertiary alicyclic amines) is 3. The molecular formula is C40H72B2F3N7O8S. The molecular weight excluding hydrogens is 817 g/mol. The summed E-state index contributed by atoms with van der Waals surface area (Å²) in [6.45, 7) is 24.2. The van der Waals surface area contributed by atoms with E-state index in [9.17, 15) is 21.6 Å². The number of halogens is 3. The molecule has 0 radical (unpaired) electrons. The van der Waals surface area contributed by atoms with Gasteiger partial charge in [-0.05, 0) is 93.9 Å². The van der Waals surface area contributed by atoms with Crippen LogP contribution in [-0.4, -0.2) is 182 Å². The standard InChI is InChI=1S/C16H27BFN3O2.C9H15BN2O2.C8H16FNO3S.C7H14FNO/c1-15(2)16(3,4)23-17(22-15)13-10-19-21(11-13)8-5-7-20-9-6-14(18)12-20;1-8(2)9(3,4)14-10(13-8)7-5-11-12-6-7;1-14(11,12)13-6-2-4-10-5-3-8(9)7-10;8-7-2-4-9(6-7)3-1-5-10/h10-11,14H,5-9,12H2,1-4H3;5-6H,1-4H3,(H,11,12);8H,2-7H2,1H3;7,10H,1-6H2/t14-;;8-;7-/m1.11/s1. The van der Waals surface area contributed by atoms with E-state index in [1.165, 1.54) is 0 Å². The van der Waals surface area contributed by atoms with Crippen molar-refractivity contribution in [3.05, 3.63) is 24.8 Å². The van der Waals surface area contributed by atoms with E-state index in [4.69, 9.17) is 23.7 Å². The monoisotopic (exact) mass is 890 g/mol. The van der Waals surface area contributed by atoms with Crippen molar-refractivity contribution in [2.45, 2.75) is 141 Å². The Morgan fingerprint density at radius 2 is 1.16 bits per heavy atom. The maximum Gasteiger partial charge on any atom is 0.498 e. The average Bonchev–Trinajstić information content (AvgIpc) is 4.03. The maximum absolute atomic E-state index is 13.1. The first kappa shape index (κ1) is 51.6. The summed E-state index contributed by atoms with van der Waals surface area (Å²) >= 11 is 0. The second-order valence-electron chi connectivity index (χ2n) is 18.6. The molecule has 2 aromatic rings. The summed E-state index contributed by atoms with van der Waals surface area (Å²) in [5.41, 5.74) is 0.651. The lowest BCUT2D eigenvalue weighted by molar-refractivity contribution is 0.00578. The lowest BCUT2D eigenvalue weighted by atomic mass is 9.82. The molecule has 5 aliphatic rings. The topological polar surface area (TPSA) is 157 Å². The minimum atomic E-state index is -3.32. The van der Waals surface area contributed by atoms with Crippen LogP contribution in [0.4, 0.5) is 13.2 Å². The molecule has 5 saturated heterocycles. The lowest BCUT2D eigenvalue weighted by Gasteiger charge is -2.32. The van der Waals surface area contributed by atoms with Gasteiger partial charge in [-0.2, -0.15) is 18.6 Å². The average molecular weight is 890 g/mol. The largest absolute Gasteiger partial charge is 0.498 e. The minimum absolute atomic E-state index is 0.187. The Labute approximate surface area is 363 Å². The molecule has 2 N–H and O–H groups in total. The van der Waals surface area contributed by atoms with E-state index in [1.54, 1.807) is 12.4 Å². The Kier molecular flexibility index (Phi) is 19.2. The zero-order chi connectivity index (χ0) is 45.1. The number of H-pyrrole nitrogens is 1. The summed E-state index contributed by atoms with van der Waals surface area (Å²) in [5.74, 6) is 0. The summed E-state index contributed by atoms with van der Waals surface area (Å²) in [5, 5.41) is 19.5. The van der Waals surface area contributed by atoms with E-state index in [0.717, 1.165) is 69.3 Å². The van der Waals surface area contributed by atoms with E-state index in [1.807, 2.05) is 77.4 Å². The second-order valence-corrected chi connectivity index (χ2v) is 20.3. The third-order valence-electron chi connectivity index (χ3n) is 12.3. The van der Waals surface area contributed by atoms with Crippen LogP contribution in [0, 0.1) is 0 Å². The Balaban J connectivity index is 0.000000188. The van der Waals surface area contributed by atoms with Crippen molar-refractivity contribution in [2.24, 2.45) is 0 Å². The van der Waals surface area contributed by atoms with Gasteiger partial charge in [0, 0.05) is 108 Å². The molecule has 3 atom stereocenters. The molecule has 0 aromatic carbocycles. The highest BCUT2D eigenvalue weighted by Crippen LogP contribution is 2.37. The first-order valence-electron chi connectivity index (χ1n) is 21.8. The van der Waals surface area contributed by atoms with Gasteiger partial charge in [0.05, 0.1) is 35.3 Å². The van der Waals surface area contributed by atoms with Crippen LogP contribution < -0.4 is 10.9 Å². The second kappa shape index (κ2) is 22.7. The highest BCUT2D eigenvalue weighted by atomic mass is 32.2. The third-order valence-corrected chi connectivity index (χ3v) is 12.9. The predicted octanol–water partition coefficient (Wildman–Crippen LogP) is 3.13. The number of aromatic nitrogens is 4. The number of aromatic amines is 1. The van der Waals surface area contributed by atoms with Gasteiger partial charge in [0.25, 0.3) is 10.1 Å². The van der Waals surface area contributed by atoms with Crippen LogP contribution in [0.1, 0.15) is 93.9 Å². The van der Waals surface area contributed by atoms with Gasteiger partial charge in [0.1, 0.15) is 18.5 Å². The summed E-state index contributed by atoms with van der Waals surface area (Å²) in [4.78, 5) is 6.22. The van der Waals surface area contributed by atoms with Crippen LogP contribution in [0.5, 0.6) is 0 Å². The Bertz CT molecular complexity index is 1660. The summed E-state index contributed by atoms with van der Waals surface area (Å²) in [6.07, 6.45) is 10.7. The number of alkyl halides is 3. The number of rotatable bonds is 14. The zero-order valence-electron chi connectivity index (χ0n) is 38.0. The van der Waals surface area contributed by atoms with E-state index in [0.29, 0.717) is 51.9 Å². The van der Waals surface area contributed by atoms with Crippen molar-refractivity contribution in [1.29, 1.82) is 0 Å². The molecule has 2 aromatic heterocycles. The number of aryl methyl sites for hydroxylation is 1. The van der Waals surface area contributed by atoms with E-state index < -0.39 is 28.6 Å². The molecule has 7 heterocycles. The molecule has 0 bridgehead atoms. The molecule has 7 rings (SSSR count). The normalized spacial score (nSPS) is 25.8. The van der Waals surface area contributed by atoms with Crippen LogP contribution in [0.3, 0.4) is 0 Å². The first-order chi connectivity index (χ1) is 28.5. The Morgan fingerprint density at radius 1 is 0.721 bits per heavy atom. The quantitative estimate of drug-likeness (QED) is 0.162. The van der Waals surface area contributed by atoms with Crippen molar-refractivity contribution < 1.29 is 49.5 Å². The van der Waals surface area contributed by atoms with Crippen LogP contribution >= 0.6 is 0 Å².